The lowest BCUT2D eigenvalue weighted by Crippen LogP contribution is -2.40. The number of nitrogens with zero attached hydrogens (tertiary/aromatic N) is 4. The van der Waals surface area contributed by atoms with Crippen molar-refractivity contribution in [3.05, 3.63) is 52.2 Å². The first-order valence-corrected chi connectivity index (χ1v) is 11.8. The number of hydrogen-bond acceptors (Lipinski definition) is 9. The van der Waals surface area contributed by atoms with Crippen LogP contribution in [0.4, 0.5) is 17.2 Å². The molecule has 3 heterocycles. The number of hydrogen-bond donors (Lipinski definition) is 1. The minimum Gasteiger partial charge on any atom is -0.380 e. The van der Waals surface area contributed by atoms with Gasteiger partial charge in [0.05, 0.1) is 37.0 Å². The first kappa shape index (κ1) is 22.4. The molecule has 0 spiro atoms. The number of aromatic nitrogens is 1. The molecule has 32 heavy (non-hydrogen) atoms. The topological polar surface area (TPSA) is 127 Å². The number of anilines is 2. The number of ether oxygens (including phenoxy) is 2. The molecule has 172 valence electrons. The first-order valence-electron chi connectivity index (χ1n) is 10.3. The zero-order valence-corrected chi connectivity index (χ0v) is 18.3. The van der Waals surface area contributed by atoms with Gasteiger partial charge in [0.1, 0.15) is 10.7 Å². The van der Waals surface area contributed by atoms with Crippen molar-refractivity contribution in [2.24, 2.45) is 0 Å². The average molecular weight is 464 g/mol. The molecule has 12 heteroatoms. The Bertz CT molecular complexity index is 1070. The van der Waals surface area contributed by atoms with E-state index in [2.05, 4.69) is 15.2 Å². The number of sulfonamides is 1. The molecule has 0 aliphatic carbocycles. The standard InChI is InChI=1S/C20H25N5O6S/c26-25(27)17-3-4-18(19(14-17)32(28,29)24-8-12-31-13-9-24)22-15-16-2-1-5-21-20(16)23-6-10-30-11-7-23/h1-5,14,22H,6-13,15H2. The second-order valence-corrected chi connectivity index (χ2v) is 9.30. The Labute approximate surface area is 186 Å². The molecular formula is C20H25N5O6S. The van der Waals surface area contributed by atoms with Crippen LogP contribution in [0.3, 0.4) is 0 Å². The number of non-ortho nitro benzene ring substituents is 1. The van der Waals surface area contributed by atoms with E-state index in [-0.39, 0.29) is 36.9 Å². The molecular weight excluding hydrogens is 438 g/mol. The molecule has 1 aromatic carbocycles. The molecule has 0 unspecified atom stereocenters. The van der Waals surface area contributed by atoms with Crippen LogP contribution >= 0.6 is 0 Å². The maximum atomic E-state index is 13.3. The highest BCUT2D eigenvalue weighted by Gasteiger charge is 2.30. The maximum Gasteiger partial charge on any atom is 0.270 e. The van der Waals surface area contributed by atoms with E-state index < -0.39 is 14.9 Å². The lowest BCUT2D eigenvalue weighted by atomic mass is 10.2. The minimum atomic E-state index is -3.94. The largest absolute Gasteiger partial charge is 0.380 e. The number of pyridine rings is 1. The van der Waals surface area contributed by atoms with Crippen LogP contribution in [0.15, 0.2) is 41.4 Å². The van der Waals surface area contributed by atoms with Gasteiger partial charge in [-0.2, -0.15) is 4.31 Å². The first-order chi connectivity index (χ1) is 15.5. The lowest BCUT2D eigenvalue weighted by Gasteiger charge is -2.29. The van der Waals surface area contributed by atoms with Crippen LogP contribution in [0, 0.1) is 10.1 Å². The zero-order valence-electron chi connectivity index (χ0n) is 17.5. The molecule has 0 saturated carbocycles. The monoisotopic (exact) mass is 463 g/mol. The highest BCUT2D eigenvalue weighted by molar-refractivity contribution is 7.89. The van der Waals surface area contributed by atoms with Crippen molar-refractivity contribution < 1.29 is 22.8 Å². The van der Waals surface area contributed by atoms with Gasteiger partial charge in [0.15, 0.2) is 0 Å². The summed E-state index contributed by atoms with van der Waals surface area (Å²) in [4.78, 5) is 17.2. The van der Waals surface area contributed by atoms with Gasteiger partial charge in [-0.3, -0.25) is 10.1 Å². The highest BCUT2D eigenvalue weighted by atomic mass is 32.2. The van der Waals surface area contributed by atoms with E-state index in [0.717, 1.165) is 30.5 Å². The third-order valence-corrected chi connectivity index (χ3v) is 7.35. The fourth-order valence-corrected chi connectivity index (χ4v) is 5.32. The van der Waals surface area contributed by atoms with Crippen LogP contribution in [-0.4, -0.2) is 75.2 Å². The van der Waals surface area contributed by atoms with E-state index in [1.165, 1.54) is 16.4 Å². The van der Waals surface area contributed by atoms with E-state index in [1.807, 2.05) is 12.1 Å². The summed E-state index contributed by atoms with van der Waals surface area (Å²) in [5.41, 5.74) is 0.916. The van der Waals surface area contributed by atoms with Crippen molar-refractivity contribution in [3.8, 4) is 0 Å². The van der Waals surface area contributed by atoms with E-state index in [1.54, 1.807) is 6.20 Å². The molecule has 0 radical (unpaired) electrons. The van der Waals surface area contributed by atoms with Gasteiger partial charge in [-0.25, -0.2) is 13.4 Å². The maximum absolute atomic E-state index is 13.3. The Hall–Kier alpha value is -2.80. The predicted octanol–water partition coefficient (Wildman–Crippen LogP) is 1.46. The van der Waals surface area contributed by atoms with Gasteiger partial charge < -0.3 is 19.7 Å². The van der Waals surface area contributed by atoms with Crippen molar-refractivity contribution in [3.63, 3.8) is 0 Å². The number of morpholine rings is 2. The van der Waals surface area contributed by atoms with Crippen LogP contribution in [-0.2, 0) is 26.0 Å². The number of benzene rings is 1. The normalized spacial score (nSPS) is 17.8. The second kappa shape index (κ2) is 9.77. The predicted molar refractivity (Wildman–Crippen MR) is 117 cm³/mol. The van der Waals surface area contributed by atoms with E-state index in [0.29, 0.717) is 25.4 Å². The van der Waals surface area contributed by atoms with Crippen molar-refractivity contribution in [2.75, 3.05) is 62.8 Å². The minimum absolute atomic E-state index is 0.120. The fourth-order valence-electron chi connectivity index (χ4n) is 3.73. The van der Waals surface area contributed by atoms with Gasteiger partial charge in [-0.15, -0.1) is 0 Å². The summed E-state index contributed by atoms with van der Waals surface area (Å²) in [6.45, 7) is 3.97. The second-order valence-electron chi connectivity index (χ2n) is 7.39. The van der Waals surface area contributed by atoms with Crippen molar-refractivity contribution >= 4 is 27.2 Å². The fraction of sp³-hybridized carbons (Fsp3) is 0.450. The van der Waals surface area contributed by atoms with E-state index in [4.69, 9.17) is 9.47 Å². The summed E-state index contributed by atoms with van der Waals surface area (Å²) in [5, 5.41) is 14.5. The van der Waals surface area contributed by atoms with Crippen LogP contribution in [0.25, 0.3) is 0 Å². The Balaban J connectivity index is 1.62. The summed E-state index contributed by atoms with van der Waals surface area (Å²) in [5.74, 6) is 0.808. The molecule has 2 fully saturated rings. The number of nitrogens with one attached hydrogen (secondary N) is 1. The average Bonchev–Trinajstić information content (AvgIpc) is 2.84. The zero-order chi connectivity index (χ0) is 22.6. The highest BCUT2D eigenvalue weighted by Crippen LogP contribution is 2.30. The van der Waals surface area contributed by atoms with Crippen LogP contribution in [0.5, 0.6) is 0 Å². The number of nitro benzene ring substituents is 1. The quantitative estimate of drug-likeness (QED) is 0.479. The molecule has 2 saturated heterocycles. The molecule has 1 aromatic heterocycles. The smallest absolute Gasteiger partial charge is 0.270 e. The summed E-state index contributed by atoms with van der Waals surface area (Å²) in [6, 6.07) is 7.59. The van der Waals surface area contributed by atoms with Crippen molar-refractivity contribution in [1.29, 1.82) is 0 Å². The van der Waals surface area contributed by atoms with Crippen LogP contribution < -0.4 is 10.2 Å². The van der Waals surface area contributed by atoms with Crippen LogP contribution in [0.2, 0.25) is 0 Å². The number of rotatable bonds is 7. The van der Waals surface area contributed by atoms with Crippen molar-refractivity contribution in [1.82, 2.24) is 9.29 Å². The van der Waals surface area contributed by atoms with Gasteiger partial charge in [0.25, 0.3) is 5.69 Å². The van der Waals surface area contributed by atoms with Gasteiger partial charge in [0.2, 0.25) is 10.0 Å². The van der Waals surface area contributed by atoms with E-state index in [9.17, 15) is 18.5 Å². The van der Waals surface area contributed by atoms with Crippen LogP contribution in [0.1, 0.15) is 5.56 Å². The molecule has 0 bridgehead atoms. The molecule has 2 aliphatic heterocycles. The molecule has 0 atom stereocenters. The molecule has 2 aromatic rings. The molecule has 1 N–H and O–H groups in total. The van der Waals surface area contributed by atoms with Crippen molar-refractivity contribution in [2.45, 2.75) is 11.4 Å². The summed E-state index contributed by atoms with van der Waals surface area (Å²) < 4.78 is 38.5. The summed E-state index contributed by atoms with van der Waals surface area (Å²) in [7, 11) is -3.94. The molecule has 0 amide bonds. The molecule has 4 rings (SSSR count). The number of nitro groups is 1. The summed E-state index contributed by atoms with van der Waals surface area (Å²) in [6.07, 6.45) is 1.72. The van der Waals surface area contributed by atoms with E-state index >= 15 is 0 Å². The lowest BCUT2D eigenvalue weighted by molar-refractivity contribution is -0.385. The third-order valence-electron chi connectivity index (χ3n) is 5.41. The Morgan fingerprint density at radius 2 is 1.75 bits per heavy atom. The van der Waals surface area contributed by atoms with Gasteiger partial charge in [-0.1, -0.05) is 6.07 Å². The molecule has 2 aliphatic rings. The Morgan fingerprint density at radius 3 is 2.44 bits per heavy atom. The van der Waals surface area contributed by atoms with Gasteiger partial charge >= 0.3 is 0 Å². The van der Waals surface area contributed by atoms with Gasteiger partial charge in [-0.05, 0) is 12.1 Å². The van der Waals surface area contributed by atoms with Gasteiger partial charge in [0, 0.05) is 56.6 Å². The molecule has 11 nitrogen and oxygen atoms in total. The third kappa shape index (κ3) is 4.83. The Kier molecular flexibility index (Phi) is 6.84. The Morgan fingerprint density at radius 1 is 1.06 bits per heavy atom. The summed E-state index contributed by atoms with van der Waals surface area (Å²) >= 11 is 0. The SMILES string of the molecule is O=[N+]([O-])c1ccc(NCc2cccnc2N2CCOCC2)c(S(=O)(=O)N2CCOCC2)c1.